The number of nitrogen functional groups attached to an aromatic ring is 1. The zero-order chi connectivity index (χ0) is 38.8. The summed E-state index contributed by atoms with van der Waals surface area (Å²) in [4.78, 5) is 70.7. The molecule has 0 saturated carbocycles. The Hall–Kier alpha value is -6.58. The van der Waals surface area contributed by atoms with Crippen molar-refractivity contribution in [3.05, 3.63) is 166 Å². The zero-order valence-corrected chi connectivity index (χ0v) is 31.1. The SMILES string of the molecule is Nc1nc(C(=NOC(c2ccccc2)(c2ccccc2)c2ccccc2)C(=O)N[C@@H]2C(=O)N3C(C(=O)O)=C(C(=C4CCNC4=O)c4ccccn4)CS[C@H]23)cs1. The molecular formula is C41H33N7O6S2. The molecule has 2 atom stereocenters. The highest BCUT2D eigenvalue weighted by molar-refractivity contribution is 8.00. The summed E-state index contributed by atoms with van der Waals surface area (Å²) < 4.78 is 0. The molecule has 2 saturated heterocycles. The number of pyridine rings is 1. The molecule has 0 bridgehead atoms. The number of nitrogens with zero attached hydrogens (tertiary/aromatic N) is 4. The second-order valence-electron chi connectivity index (χ2n) is 12.9. The number of hydrogen-bond acceptors (Lipinski definition) is 11. The van der Waals surface area contributed by atoms with Gasteiger partial charge in [-0.2, -0.15) is 0 Å². The first-order valence-corrected chi connectivity index (χ1v) is 19.5. The number of nitrogens with one attached hydrogen (secondary N) is 2. The lowest BCUT2D eigenvalue weighted by Gasteiger charge is -2.49. The Morgan fingerprint density at radius 3 is 2.05 bits per heavy atom. The molecule has 0 aliphatic carbocycles. The number of carbonyl (C=O) groups is 4. The minimum absolute atomic E-state index is 0.128. The third kappa shape index (κ3) is 6.50. The van der Waals surface area contributed by atoms with Crippen LogP contribution in [-0.4, -0.2) is 73.1 Å². The van der Waals surface area contributed by atoms with E-state index in [1.807, 2.05) is 91.0 Å². The molecule has 5 N–H and O–H groups in total. The number of thiazole rings is 1. The van der Waals surface area contributed by atoms with Gasteiger partial charge in [0.15, 0.2) is 10.8 Å². The van der Waals surface area contributed by atoms with Gasteiger partial charge in [0.05, 0.1) is 5.69 Å². The second kappa shape index (κ2) is 15.3. The van der Waals surface area contributed by atoms with E-state index in [-0.39, 0.29) is 33.9 Å². The van der Waals surface area contributed by atoms with Gasteiger partial charge < -0.3 is 26.3 Å². The van der Waals surface area contributed by atoms with E-state index in [0.717, 1.165) is 32.9 Å². The van der Waals surface area contributed by atoms with Crippen molar-refractivity contribution in [3.63, 3.8) is 0 Å². The molecule has 5 aromatic rings. The van der Waals surface area contributed by atoms with E-state index in [9.17, 15) is 24.3 Å². The molecule has 2 fully saturated rings. The molecular weight excluding hydrogens is 751 g/mol. The summed E-state index contributed by atoms with van der Waals surface area (Å²) in [5.41, 5.74) is 8.04. The van der Waals surface area contributed by atoms with Crippen molar-refractivity contribution in [2.75, 3.05) is 18.0 Å². The molecule has 3 amide bonds. The number of β-lactam (4-membered cyclic amide) rings is 1. The molecule has 3 aliphatic rings. The average Bonchev–Trinajstić information content (AvgIpc) is 3.87. The lowest BCUT2D eigenvalue weighted by Crippen LogP contribution is -2.71. The summed E-state index contributed by atoms with van der Waals surface area (Å²) >= 11 is 2.38. The van der Waals surface area contributed by atoms with Crippen LogP contribution in [0.15, 0.2) is 143 Å². The smallest absolute Gasteiger partial charge is 0.352 e. The van der Waals surface area contributed by atoms with Crippen LogP contribution < -0.4 is 16.4 Å². The maximum atomic E-state index is 14.3. The molecule has 3 aromatic carbocycles. The lowest BCUT2D eigenvalue weighted by molar-refractivity contribution is -0.150. The number of allylic oxidation sites excluding steroid dienone is 1. The summed E-state index contributed by atoms with van der Waals surface area (Å²) in [7, 11) is 0. The van der Waals surface area contributed by atoms with Crippen molar-refractivity contribution >= 4 is 63.2 Å². The van der Waals surface area contributed by atoms with Crippen molar-refractivity contribution in [1.29, 1.82) is 0 Å². The van der Waals surface area contributed by atoms with E-state index in [4.69, 9.17) is 10.6 Å². The first-order valence-electron chi connectivity index (χ1n) is 17.6. The Labute approximate surface area is 329 Å². The van der Waals surface area contributed by atoms with Gasteiger partial charge in [0.25, 0.3) is 11.8 Å². The van der Waals surface area contributed by atoms with E-state index in [2.05, 4.69) is 25.8 Å². The van der Waals surface area contributed by atoms with Crippen LogP contribution in [0.25, 0.3) is 5.57 Å². The molecule has 5 heterocycles. The van der Waals surface area contributed by atoms with Crippen LogP contribution in [0.4, 0.5) is 5.13 Å². The van der Waals surface area contributed by atoms with Gasteiger partial charge in [0, 0.05) is 57.3 Å². The summed E-state index contributed by atoms with van der Waals surface area (Å²) in [5, 5.41) is 21.6. The fourth-order valence-electron chi connectivity index (χ4n) is 7.17. The number of carboxylic acids is 1. The molecule has 2 aromatic heterocycles. The van der Waals surface area contributed by atoms with Crippen LogP contribution in [0.5, 0.6) is 0 Å². The number of oxime groups is 1. The topological polar surface area (TPSA) is 189 Å². The number of aliphatic carboxylic acids is 1. The highest BCUT2D eigenvalue weighted by Crippen LogP contribution is 2.45. The Morgan fingerprint density at radius 2 is 1.54 bits per heavy atom. The molecule has 15 heteroatoms. The predicted molar refractivity (Wildman–Crippen MR) is 212 cm³/mol. The van der Waals surface area contributed by atoms with Crippen molar-refractivity contribution < 1.29 is 29.1 Å². The second-order valence-corrected chi connectivity index (χ2v) is 14.9. The number of rotatable bonds is 11. The Kier molecular flexibility index (Phi) is 9.93. The molecule has 0 unspecified atom stereocenters. The molecule has 280 valence electrons. The summed E-state index contributed by atoms with van der Waals surface area (Å²) in [6, 6.07) is 32.5. The van der Waals surface area contributed by atoms with E-state index in [0.29, 0.717) is 35.4 Å². The highest BCUT2D eigenvalue weighted by Gasteiger charge is 2.55. The van der Waals surface area contributed by atoms with Crippen LogP contribution in [0.1, 0.15) is 34.5 Å². The molecule has 0 spiro atoms. The minimum atomic E-state index is -1.34. The van der Waals surface area contributed by atoms with E-state index in [1.54, 1.807) is 29.8 Å². The largest absolute Gasteiger partial charge is 0.477 e. The van der Waals surface area contributed by atoms with Crippen molar-refractivity contribution in [2.24, 2.45) is 5.16 Å². The highest BCUT2D eigenvalue weighted by atomic mass is 32.2. The zero-order valence-electron chi connectivity index (χ0n) is 29.5. The monoisotopic (exact) mass is 783 g/mol. The number of carboxylic acid groups (broad SMARTS) is 1. The van der Waals surface area contributed by atoms with E-state index < -0.39 is 34.8 Å². The fourth-order valence-corrected chi connectivity index (χ4v) is 9.08. The van der Waals surface area contributed by atoms with Crippen LogP contribution >= 0.6 is 23.1 Å². The van der Waals surface area contributed by atoms with Crippen LogP contribution in [0, 0.1) is 0 Å². The number of nitrogens with two attached hydrogens (primary N) is 1. The number of anilines is 1. The van der Waals surface area contributed by atoms with Gasteiger partial charge in [0.1, 0.15) is 22.8 Å². The molecule has 3 aliphatic heterocycles. The maximum Gasteiger partial charge on any atom is 0.352 e. The minimum Gasteiger partial charge on any atom is -0.477 e. The van der Waals surface area contributed by atoms with Crippen molar-refractivity contribution in [2.45, 2.75) is 23.4 Å². The predicted octanol–water partition coefficient (Wildman–Crippen LogP) is 4.55. The Balaban J connectivity index is 1.16. The number of aromatic nitrogens is 2. The number of benzene rings is 3. The summed E-state index contributed by atoms with van der Waals surface area (Å²) in [6.07, 6.45) is 1.93. The standard InChI is InChI=1S/C41H33N7O6S2/c42-40-45-30(23-56-40)32(47-54-41(24-12-4-1-5-13-24,25-14-6-2-7-15-25)26-16-8-3-9-17-26)36(50)46-33-37(51)48-34(39(52)53)28(22-55-38(33)48)31(27-19-21-44-35(27)49)29-18-10-11-20-43-29/h1-18,20,23,33,38H,19,21-22H2,(H2,42,45)(H,44,49)(H,46,50)(H,52,53)/t33-,38-/m1/s1. The van der Waals surface area contributed by atoms with Crippen molar-refractivity contribution in [3.8, 4) is 0 Å². The quantitative estimate of drug-likeness (QED) is 0.0487. The van der Waals surface area contributed by atoms with E-state index in [1.165, 1.54) is 11.8 Å². The Bertz CT molecular complexity index is 2320. The van der Waals surface area contributed by atoms with Gasteiger partial charge in [-0.15, -0.1) is 23.1 Å². The lowest BCUT2D eigenvalue weighted by atomic mass is 9.80. The number of hydrogen-bond donors (Lipinski definition) is 4. The van der Waals surface area contributed by atoms with Crippen LogP contribution in [0.3, 0.4) is 0 Å². The van der Waals surface area contributed by atoms with Gasteiger partial charge in [-0.05, 0) is 18.6 Å². The molecule has 8 rings (SSSR count). The first kappa shape index (κ1) is 36.4. The van der Waals surface area contributed by atoms with Crippen LogP contribution in [-0.2, 0) is 29.6 Å². The molecule has 0 radical (unpaired) electrons. The molecule has 56 heavy (non-hydrogen) atoms. The van der Waals surface area contributed by atoms with Gasteiger partial charge in [-0.3, -0.25) is 24.3 Å². The van der Waals surface area contributed by atoms with Gasteiger partial charge in [0.2, 0.25) is 11.5 Å². The number of thioether (sulfide) groups is 1. The average molecular weight is 784 g/mol. The van der Waals surface area contributed by atoms with Gasteiger partial charge in [-0.25, -0.2) is 9.78 Å². The fraction of sp³-hybridized carbons (Fsp3) is 0.146. The Morgan fingerprint density at radius 1 is 0.911 bits per heavy atom. The van der Waals surface area contributed by atoms with Crippen LogP contribution in [0.2, 0.25) is 0 Å². The third-order valence-electron chi connectivity index (χ3n) is 9.71. The first-order chi connectivity index (χ1) is 27.3. The summed E-state index contributed by atoms with van der Waals surface area (Å²) in [6.45, 7) is 0.397. The third-order valence-corrected chi connectivity index (χ3v) is 11.7. The van der Waals surface area contributed by atoms with Gasteiger partial charge >= 0.3 is 5.97 Å². The molecule has 13 nitrogen and oxygen atoms in total. The number of carbonyl (C=O) groups excluding carboxylic acids is 3. The number of amides is 3. The number of fused-ring (bicyclic) bond motifs is 1. The summed E-state index contributed by atoms with van der Waals surface area (Å²) in [5.74, 6) is -2.95. The normalized spacial score (nSPS) is 19.1. The van der Waals surface area contributed by atoms with Crippen molar-refractivity contribution in [1.82, 2.24) is 25.5 Å². The van der Waals surface area contributed by atoms with Gasteiger partial charge in [-0.1, -0.05) is 102 Å². The van der Waals surface area contributed by atoms with E-state index >= 15 is 0 Å². The maximum absolute atomic E-state index is 14.3.